The fourth-order valence-corrected chi connectivity index (χ4v) is 3.27. The van der Waals surface area contributed by atoms with Gasteiger partial charge in [0.05, 0.1) is 0 Å². The van der Waals surface area contributed by atoms with Gasteiger partial charge in [-0.25, -0.2) is 0 Å². The molecule has 2 aromatic rings. The van der Waals surface area contributed by atoms with Crippen LogP contribution < -0.4 is 5.32 Å². The van der Waals surface area contributed by atoms with Crippen LogP contribution in [0.1, 0.15) is 22.7 Å². The molecule has 0 radical (unpaired) electrons. The van der Waals surface area contributed by atoms with Gasteiger partial charge < -0.3 is 5.11 Å². The third kappa shape index (κ3) is 3.41. The van der Waals surface area contributed by atoms with Crippen molar-refractivity contribution in [2.24, 2.45) is 0 Å². The van der Waals surface area contributed by atoms with E-state index in [1.807, 2.05) is 29.0 Å². The molecule has 5 heteroatoms. The van der Waals surface area contributed by atoms with Crippen LogP contribution in [0.2, 0.25) is 0 Å². The maximum Gasteiger partial charge on any atom is 0.320 e. The Kier molecular flexibility index (Phi) is 4.52. The van der Waals surface area contributed by atoms with Gasteiger partial charge in [-0.1, -0.05) is 12.1 Å². The molecule has 0 aromatic carbocycles. The molecule has 0 fully saturated rings. The predicted octanol–water partition coefficient (Wildman–Crippen LogP) is 3.16. The minimum Gasteiger partial charge on any atom is -0.480 e. The van der Waals surface area contributed by atoms with Crippen molar-refractivity contribution < 1.29 is 9.90 Å². The lowest BCUT2D eigenvalue weighted by Crippen LogP contribution is -2.37. The lowest BCUT2D eigenvalue weighted by atomic mass is 10.1. The second kappa shape index (κ2) is 6.13. The Morgan fingerprint density at radius 1 is 1.33 bits per heavy atom. The maximum absolute atomic E-state index is 11.0. The summed E-state index contributed by atoms with van der Waals surface area (Å²) in [5, 5.41) is 16.2. The van der Waals surface area contributed by atoms with Gasteiger partial charge in [0, 0.05) is 22.2 Å². The Hall–Kier alpha value is -1.17. The zero-order valence-corrected chi connectivity index (χ0v) is 11.6. The van der Waals surface area contributed by atoms with E-state index in [9.17, 15) is 4.79 Å². The molecule has 1 unspecified atom stereocenters. The van der Waals surface area contributed by atoms with Crippen LogP contribution in [-0.2, 0) is 11.2 Å². The number of hydrogen-bond acceptors (Lipinski definition) is 4. The molecule has 0 saturated carbocycles. The highest BCUT2D eigenvalue weighted by molar-refractivity contribution is 7.10. The molecule has 0 saturated heterocycles. The average molecular weight is 281 g/mol. The number of rotatable bonds is 6. The summed E-state index contributed by atoms with van der Waals surface area (Å²) in [6.45, 7) is 1.68. The number of carboxylic acids is 1. The first-order valence-corrected chi connectivity index (χ1v) is 7.47. The first-order chi connectivity index (χ1) is 8.66. The number of aliphatic carboxylic acids is 1. The van der Waals surface area contributed by atoms with Crippen molar-refractivity contribution >= 4 is 28.6 Å². The van der Waals surface area contributed by atoms with Crippen LogP contribution in [-0.4, -0.2) is 17.1 Å². The lowest BCUT2D eigenvalue weighted by molar-refractivity contribution is -0.139. The third-order valence-electron chi connectivity index (χ3n) is 2.69. The molecule has 0 aliphatic heterocycles. The molecule has 2 rings (SSSR count). The van der Waals surface area contributed by atoms with E-state index in [-0.39, 0.29) is 6.04 Å². The van der Waals surface area contributed by atoms with E-state index in [4.69, 9.17) is 5.11 Å². The van der Waals surface area contributed by atoms with Gasteiger partial charge >= 0.3 is 5.97 Å². The van der Waals surface area contributed by atoms with Crippen LogP contribution in [0.4, 0.5) is 0 Å². The van der Waals surface area contributed by atoms with E-state index in [0.717, 1.165) is 6.42 Å². The summed E-state index contributed by atoms with van der Waals surface area (Å²) in [6, 6.07) is 7.66. The van der Waals surface area contributed by atoms with Crippen LogP contribution in [0.3, 0.4) is 0 Å². The molecule has 0 spiro atoms. The van der Waals surface area contributed by atoms with E-state index in [0.29, 0.717) is 0 Å². The Balaban J connectivity index is 2.10. The molecule has 96 valence electrons. The summed E-state index contributed by atoms with van der Waals surface area (Å²) in [5.41, 5.74) is 0. The Morgan fingerprint density at radius 2 is 2.06 bits per heavy atom. The number of carboxylic acid groups (broad SMARTS) is 1. The predicted molar refractivity (Wildman–Crippen MR) is 75.3 cm³/mol. The Labute approximate surface area is 114 Å². The first-order valence-electron chi connectivity index (χ1n) is 5.71. The van der Waals surface area contributed by atoms with Crippen molar-refractivity contribution in [2.75, 3.05) is 0 Å². The minimum absolute atomic E-state index is 0.0646. The van der Waals surface area contributed by atoms with Crippen LogP contribution in [0.25, 0.3) is 0 Å². The van der Waals surface area contributed by atoms with Crippen molar-refractivity contribution in [3.05, 3.63) is 44.8 Å². The second-order valence-corrected chi connectivity index (χ2v) is 6.09. The fraction of sp³-hybridized carbons (Fsp3) is 0.308. The smallest absolute Gasteiger partial charge is 0.320 e. The minimum atomic E-state index is -0.817. The normalized spacial score (nSPS) is 14.3. The molecule has 2 aromatic heterocycles. The molecular formula is C13H15NO2S2. The van der Waals surface area contributed by atoms with E-state index >= 15 is 0 Å². The van der Waals surface area contributed by atoms with Crippen LogP contribution in [0, 0.1) is 0 Å². The average Bonchev–Trinajstić information content (AvgIpc) is 3.00. The molecule has 0 aliphatic carbocycles. The highest BCUT2D eigenvalue weighted by Gasteiger charge is 2.19. The summed E-state index contributed by atoms with van der Waals surface area (Å²) in [6.07, 6.45) is 0.829. The second-order valence-electron chi connectivity index (χ2n) is 4.08. The molecule has 0 amide bonds. The molecule has 2 atom stereocenters. The summed E-state index contributed by atoms with van der Waals surface area (Å²) < 4.78 is 0. The van der Waals surface area contributed by atoms with Gasteiger partial charge in [-0.2, -0.15) is 0 Å². The SMILES string of the molecule is C[C@H](NC(Cc1cccs1)c1cccs1)C(=O)O. The summed E-state index contributed by atoms with van der Waals surface area (Å²) in [5.74, 6) is -0.817. The van der Waals surface area contributed by atoms with Crippen LogP contribution >= 0.6 is 22.7 Å². The van der Waals surface area contributed by atoms with Gasteiger partial charge in [-0.3, -0.25) is 10.1 Å². The van der Waals surface area contributed by atoms with Gasteiger partial charge in [-0.15, -0.1) is 22.7 Å². The fourth-order valence-electron chi connectivity index (χ4n) is 1.73. The first kappa shape index (κ1) is 13.3. The zero-order valence-electron chi connectivity index (χ0n) is 10.00. The van der Waals surface area contributed by atoms with Gasteiger partial charge in [0.1, 0.15) is 6.04 Å². The lowest BCUT2D eigenvalue weighted by Gasteiger charge is -2.19. The molecule has 18 heavy (non-hydrogen) atoms. The van der Waals surface area contributed by atoms with E-state index in [2.05, 4.69) is 11.4 Å². The number of carbonyl (C=O) groups is 1. The molecule has 2 heterocycles. The Bertz CT molecular complexity index is 479. The van der Waals surface area contributed by atoms with E-state index in [1.165, 1.54) is 9.75 Å². The van der Waals surface area contributed by atoms with Crippen molar-refractivity contribution in [1.82, 2.24) is 5.32 Å². The van der Waals surface area contributed by atoms with Crippen molar-refractivity contribution in [3.8, 4) is 0 Å². The topological polar surface area (TPSA) is 49.3 Å². The molecule has 3 nitrogen and oxygen atoms in total. The van der Waals surface area contributed by atoms with Gasteiger partial charge in [0.25, 0.3) is 0 Å². The van der Waals surface area contributed by atoms with Gasteiger partial charge in [-0.05, 0) is 29.8 Å². The largest absolute Gasteiger partial charge is 0.480 e. The van der Waals surface area contributed by atoms with Crippen molar-refractivity contribution in [1.29, 1.82) is 0 Å². The van der Waals surface area contributed by atoms with Crippen LogP contribution in [0.5, 0.6) is 0 Å². The van der Waals surface area contributed by atoms with Gasteiger partial charge in [0.2, 0.25) is 0 Å². The van der Waals surface area contributed by atoms with Crippen molar-refractivity contribution in [2.45, 2.75) is 25.4 Å². The number of hydrogen-bond donors (Lipinski definition) is 2. The van der Waals surface area contributed by atoms with E-state index in [1.54, 1.807) is 29.6 Å². The highest BCUT2D eigenvalue weighted by Crippen LogP contribution is 2.25. The van der Waals surface area contributed by atoms with Crippen molar-refractivity contribution in [3.63, 3.8) is 0 Å². The zero-order chi connectivity index (χ0) is 13.0. The summed E-state index contributed by atoms with van der Waals surface area (Å²) in [7, 11) is 0. The summed E-state index contributed by atoms with van der Waals surface area (Å²) in [4.78, 5) is 13.4. The Morgan fingerprint density at radius 3 is 2.61 bits per heavy atom. The monoisotopic (exact) mass is 281 g/mol. The third-order valence-corrected chi connectivity index (χ3v) is 4.58. The molecule has 0 bridgehead atoms. The molecule has 0 aliphatic rings. The van der Waals surface area contributed by atoms with E-state index < -0.39 is 12.0 Å². The number of nitrogens with one attached hydrogen (secondary N) is 1. The number of thiophene rings is 2. The van der Waals surface area contributed by atoms with Gasteiger partial charge in [0.15, 0.2) is 0 Å². The quantitative estimate of drug-likeness (QED) is 0.855. The standard InChI is InChI=1S/C13H15NO2S2/c1-9(13(15)16)14-11(12-5-3-7-18-12)8-10-4-2-6-17-10/h2-7,9,11,14H,8H2,1H3,(H,15,16)/t9-,11?/m0/s1. The van der Waals surface area contributed by atoms with Crippen LogP contribution in [0.15, 0.2) is 35.0 Å². The molecule has 2 N–H and O–H groups in total. The summed E-state index contributed by atoms with van der Waals surface area (Å²) >= 11 is 3.36. The molecular weight excluding hydrogens is 266 g/mol. The highest BCUT2D eigenvalue weighted by atomic mass is 32.1. The maximum atomic E-state index is 11.0.